The maximum absolute atomic E-state index is 5.59. The molecule has 2 N–H and O–H groups in total. The predicted molar refractivity (Wildman–Crippen MR) is 46.5 cm³/mol. The number of nitrogens with two attached hydrogens (primary N) is 1. The van der Waals surface area contributed by atoms with E-state index in [4.69, 9.17) is 5.73 Å². The number of hydrogen-bond acceptors (Lipinski definition) is 1. The molecule has 1 heteroatoms. The van der Waals surface area contributed by atoms with Crippen molar-refractivity contribution in [3.63, 3.8) is 0 Å². The van der Waals surface area contributed by atoms with Gasteiger partial charge in [0.1, 0.15) is 0 Å². The third-order valence-corrected chi connectivity index (χ3v) is 1.34. The molecule has 0 rings (SSSR count). The zero-order valence-corrected chi connectivity index (χ0v) is 6.78. The van der Waals surface area contributed by atoms with Crippen molar-refractivity contribution in [3.05, 3.63) is 36.1 Å². The summed E-state index contributed by atoms with van der Waals surface area (Å²) < 4.78 is 0. The summed E-state index contributed by atoms with van der Waals surface area (Å²) in [7, 11) is 0. The highest BCUT2D eigenvalue weighted by Crippen LogP contribution is 2.13. The van der Waals surface area contributed by atoms with E-state index in [0.717, 1.165) is 23.3 Å². The molecule has 0 spiro atoms. The largest absolute Gasteiger partial charge is 0.402 e. The molecule has 0 amide bonds. The van der Waals surface area contributed by atoms with E-state index in [0.29, 0.717) is 0 Å². The Balaban J connectivity index is 4.42. The maximum Gasteiger partial charge on any atom is 0.00870 e. The molecule has 0 unspecified atom stereocenters. The van der Waals surface area contributed by atoms with Gasteiger partial charge in [-0.2, -0.15) is 0 Å². The summed E-state index contributed by atoms with van der Waals surface area (Å²) in [4.78, 5) is 0. The van der Waals surface area contributed by atoms with Crippen LogP contribution in [0.25, 0.3) is 0 Å². The lowest BCUT2D eigenvalue weighted by molar-refractivity contribution is 1.12. The minimum atomic E-state index is 0.817. The van der Waals surface area contributed by atoms with Crippen LogP contribution < -0.4 is 5.73 Å². The standard InChI is InChI=1S/C9H15N/c1-5-6-9(7(2)3)8(4)10/h5H,1-2,6,10H2,3-4H3/b9-8+. The average molecular weight is 137 g/mol. The van der Waals surface area contributed by atoms with Crippen molar-refractivity contribution in [2.75, 3.05) is 0 Å². The molecular formula is C9H15N. The van der Waals surface area contributed by atoms with E-state index >= 15 is 0 Å². The number of allylic oxidation sites excluding steroid dienone is 4. The lowest BCUT2D eigenvalue weighted by atomic mass is 10.0. The molecule has 0 saturated carbocycles. The van der Waals surface area contributed by atoms with Crippen LogP contribution >= 0.6 is 0 Å². The first kappa shape index (κ1) is 9.02. The molecule has 0 heterocycles. The van der Waals surface area contributed by atoms with Crippen LogP contribution in [0, 0.1) is 0 Å². The van der Waals surface area contributed by atoms with Crippen molar-refractivity contribution in [2.24, 2.45) is 5.73 Å². The Hall–Kier alpha value is -0.980. The molecule has 0 fully saturated rings. The van der Waals surface area contributed by atoms with Crippen molar-refractivity contribution >= 4 is 0 Å². The SMILES string of the molecule is C=CC/C(C(=C)C)=C(/C)N. The third kappa shape index (κ3) is 2.53. The molecule has 0 aliphatic carbocycles. The Labute approximate surface area is 62.9 Å². The monoisotopic (exact) mass is 137 g/mol. The van der Waals surface area contributed by atoms with E-state index in [-0.39, 0.29) is 0 Å². The van der Waals surface area contributed by atoms with E-state index in [9.17, 15) is 0 Å². The van der Waals surface area contributed by atoms with Crippen LogP contribution in [0.5, 0.6) is 0 Å². The summed E-state index contributed by atoms with van der Waals surface area (Å²) in [6.07, 6.45) is 2.65. The van der Waals surface area contributed by atoms with Crippen LogP contribution in [0.2, 0.25) is 0 Å². The molecule has 0 aromatic carbocycles. The maximum atomic E-state index is 5.59. The first-order valence-corrected chi connectivity index (χ1v) is 3.31. The van der Waals surface area contributed by atoms with Crippen molar-refractivity contribution in [1.29, 1.82) is 0 Å². The van der Waals surface area contributed by atoms with E-state index in [1.165, 1.54) is 0 Å². The normalized spacial score (nSPS) is 12.2. The zero-order valence-electron chi connectivity index (χ0n) is 6.78. The summed E-state index contributed by atoms with van der Waals surface area (Å²) in [5.41, 5.74) is 8.57. The Morgan fingerprint density at radius 2 is 2.00 bits per heavy atom. The smallest absolute Gasteiger partial charge is 0.00870 e. The summed E-state index contributed by atoms with van der Waals surface area (Å²) >= 11 is 0. The van der Waals surface area contributed by atoms with Gasteiger partial charge >= 0.3 is 0 Å². The third-order valence-electron chi connectivity index (χ3n) is 1.34. The van der Waals surface area contributed by atoms with Gasteiger partial charge in [-0.25, -0.2) is 0 Å². The summed E-state index contributed by atoms with van der Waals surface area (Å²) in [5, 5.41) is 0. The topological polar surface area (TPSA) is 26.0 Å². The van der Waals surface area contributed by atoms with Gasteiger partial charge in [-0.1, -0.05) is 18.2 Å². The van der Waals surface area contributed by atoms with Crippen LogP contribution in [0.1, 0.15) is 20.3 Å². The van der Waals surface area contributed by atoms with Gasteiger partial charge in [0, 0.05) is 5.70 Å². The highest BCUT2D eigenvalue weighted by molar-refractivity contribution is 5.31. The number of hydrogen-bond donors (Lipinski definition) is 1. The Bertz CT molecular complexity index is 171. The molecule has 56 valence electrons. The fourth-order valence-electron chi connectivity index (χ4n) is 0.816. The van der Waals surface area contributed by atoms with Gasteiger partial charge in [-0.05, 0) is 25.8 Å². The molecule has 0 atom stereocenters. The van der Waals surface area contributed by atoms with E-state index in [1.54, 1.807) is 0 Å². The highest BCUT2D eigenvalue weighted by Gasteiger charge is 1.96. The molecule has 0 aromatic rings. The minimum Gasteiger partial charge on any atom is -0.402 e. The van der Waals surface area contributed by atoms with Gasteiger partial charge in [0.05, 0.1) is 0 Å². The average Bonchev–Trinajstić information content (AvgIpc) is 1.81. The van der Waals surface area contributed by atoms with Gasteiger partial charge < -0.3 is 5.73 Å². The van der Waals surface area contributed by atoms with Crippen molar-refractivity contribution in [1.82, 2.24) is 0 Å². The molecule has 1 nitrogen and oxygen atoms in total. The van der Waals surface area contributed by atoms with E-state index in [2.05, 4.69) is 13.2 Å². The Morgan fingerprint density at radius 3 is 2.10 bits per heavy atom. The van der Waals surface area contributed by atoms with Crippen LogP contribution in [0.3, 0.4) is 0 Å². The van der Waals surface area contributed by atoms with Gasteiger partial charge in [0.2, 0.25) is 0 Å². The molecule has 0 aliphatic heterocycles. The molecule has 0 bridgehead atoms. The van der Waals surface area contributed by atoms with Crippen molar-refractivity contribution < 1.29 is 0 Å². The predicted octanol–water partition coefficient (Wildman–Crippen LogP) is 2.37. The lowest BCUT2D eigenvalue weighted by Crippen LogP contribution is -1.98. The van der Waals surface area contributed by atoms with Crippen LogP contribution in [0.4, 0.5) is 0 Å². The molecule has 0 aromatic heterocycles. The van der Waals surface area contributed by atoms with Crippen LogP contribution in [0.15, 0.2) is 36.1 Å². The molecule has 0 radical (unpaired) electrons. The lowest BCUT2D eigenvalue weighted by Gasteiger charge is -2.04. The second-order valence-corrected chi connectivity index (χ2v) is 2.43. The first-order chi connectivity index (χ1) is 4.59. The Kier molecular flexibility index (Phi) is 3.55. The fourth-order valence-corrected chi connectivity index (χ4v) is 0.816. The number of rotatable bonds is 3. The summed E-state index contributed by atoms with van der Waals surface area (Å²) in [6.45, 7) is 11.3. The minimum absolute atomic E-state index is 0.817. The van der Waals surface area contributed by atoms with Crippen molar-refractivity contribution in [3.8, 4) is 0 Å². The van der Waals surface area contributed by atoms with Crippen LogP contribution in [-0.4, -0.2) is 0 Å². The molecular weight excluding hydrogens is 122 g/mol. The second kappa shape index (κ2) is 3.94. The van der Waals surface area contributed by atoms with Gasteiger partial charge in [0.15, 0.2) is 0 Å². The summed E-state index contributed by atoms with van der Waals surface area (Å²) in [5.74, 6) is 0. The van der Waals surface area contributed by atoms with Crippen molar-refractivity contribution in [2.45, 2.75) is 20.3 Å². The molecule has 0 saturated heterocycles. The van der Waals surface area contributed by atoms with Crippen LogP contribution in [-0.2, 0) is 0 Å². The highest BCUT2D eigenvalue weighted by atomic mass is 14.6. The van der Waals surface area contributed by atoms with Gasteiger partial charge in [-0.3, -0.25) is 0 Å². The van der Waals surface area contributed by atoms with Gasteiger partial charge in [-0.15, -0.1) is 6.58 Å². The van der Waals surface area contributed by atoms with E-state index < -0.39 is 0 Å². The fraction of sp³-hybridized carbons (Fsp3) is 0.333. The van der Waals surface area contributed by atoms with Gasteiger partial charge in [0.25, 0.3) is 0 Å². The first-order valence-electron chi connectivity index (χ1n) is 3.31. The second-order valence-electron chi connectivity index (χ2n) is 2.43. The van der Waals surface area contributed by atoms with E-state index in [1.807, 2.05) is 19.9 Å². The molecule has 0 aliphatic rings. The summed E-state index contributed by atoms with van der Waals surface area (Å²) in [6, 6.07) is 0. The molecule has 10 heavy (non-hydrogen) atoms. The quantitative estimate of drug-likeness (QED) is 0.469. The zero-order chi connectivity index (χ0) is 8.15. The Morgan fingerprint density at radius 1 is 1.50 bits per heavy atom.